The smallest absolute Gasteiger partial charge is 0.355 e. The lowest BCUT2D eigenvalue weighted by atomic mass is 9.91. The summed E-state index contributed by atoms with van der Waals surface area (Å²) in [5, 5.41) is 0. The summed E-state index contributed by atoms with van der Waals surface area (Å²) in [5.74, 6) is -0.320. The first-order valence-corrected chi connectivity index (χ1v) is 5.65. The first kappa shape index (κ1) is 12.7. The van der Waals surface area contributed by atoms with Gasteiger partial charge < -0.3 is 4.90 Å². The lowest BCUT2D eigenvalue weighted by molar-refractivity contribution is -0.138. The van der Waals surface area contributed by atoms with Crippen molar-refractivity contribution in [2.45, 2.75) is 19.0 Å². The highest BCUT2D eigenvalue weighted by Gasteiger charge is 2.34. The van der Waals surface area contributed by atoms with Crippen LogP contribution in [0.5, 0.6) is 0 Å². The molecule has 96 valence electrons. The molecule has 0 saturated heterocycles. The minimum absolute atomic E-state index is 0.300. The van der Waals surface area contributed by atoms with E-state index in [9.17, 15) is 13.2 Å². The molecule has 0 bridgehead atoms. The third-order valence-electron chi connectivity index (χ3n) is 3.12. The molecule has 0 aromatic heterocycles. The zero-order valence-electron chi connectivity index (χ0n) is 10.2. The maximum absolute atomic E-state index is 12.9. The van der Waals surface area contributed by atoms with E-state index in [-0.39, 0.29) is 5.92 Å². The van der Waals surface area contributed by atoms with E-state index in [1.807, 2.05) is 24.9 Å². The summed E-state index contributed by atoms with van der Waals surface area (Å²) in [7, 11) is 1.87. The summed E-state index contributed by atoms with van der Waals surface area (Å²) in [6.45, 7) is 1.88. The van der Waals surface area contributed by atoms with Crippen molar-refractivity contribution in [2.75, 3.05) is 7.05 Å². The topological polar surface area (TPSA) is 3.24 Å². The highest BCUT2D eigenvalue weighted by Crippen LogP contribution is 2.37. The van der Waals surface area contributed by atoms with Crippen LogP contribution in [0.2, 0.25) is 0 Å². The molecule has 0 N–H and O–H groups in total. The number of nitrogens with zero attached hydrogens (tertiary/aromatic N) is 1. The largest absolute Gasteiger partial charge is 0.416 e. The molecule has 0 spiro atoms. The van der Waals surface area contributed by atoms with Gasteiger partial charge in [0, 0.05) is 24.9 Å². The zero-order chi connectivity index (χ0) is 13.3. The van der Waals surface area contributed by atoms with Crippen molar-refractivity contribution < 1.29 is 13.2 Å². The van der Waals surface area contributed by atoms with E-state index in [0.29, 0.717) is 5.56 Å². The van der Waals surface area contributed by atoms with E-state index in [1.165, 1.54) is 12.1 Å². The average molecular weight is 253 g/mol. The predicted octanol–water partition coefficient (Wildman–Crippen LogP) is 4.15. The highest BCUT2D eigenvalue weighted by molar-refractivity contribution is 5.39. The van der Waals surface area contributed by atoms with E-state index in [0.717, 1.165) is 11.8 Å². The molecule has 18 heavy (non-hydrogen) atoms. The van der Waals surface area contributed by atoms with E-state index < -0.39 is 11.7 Å². The maximum atomic E-state index is 12.9. The van der Waals surface area contributed by atoms with E-state index in [1.54, 1.807) is 18.3 Å². The monoisotopic (exact) mass is 253 g/mol. The van der Waals surface area contributed by atoms with Crippen molar-refractivity contribution >= 4 is 0 Å². The fourth-order valence-corrected chi connectivity index (χ4v) is 2.01. The van der Waals surface area contributed by atoms with Crippen LogP contribution in [-0.2, 0) is 6.18 Å². The number of benzene rings is 1. The number of rotatable bonds is 1. The molecule has 1 aliphatic rings. The van der Waals surface area contributed by atoms with Gasteiger partial charge in [-0.2, -0.15) is 13.2 Å². The molecule has 0 amide bonds. The van der Waals surface area contributed by atoms with Gasteiger partial charge in [-0.25, -0.2) is 0 Å². The molecule has 4 heteroatoms. The Morgan fingerprint density at radius 1 is 1.17 bits per heavy atom. The van der Waals surface area contributed by atoms with Gasteiger partial charge in [0.25, 0.3) is 0 Å². The third-order valence-corrected chi connectivity index (χ3v) is 3.12. The number of alkyl halides is 3. The van der Waals surface area contributed by atoms with Crippen molar-refractivity contribution in [2.24, 2.45) is 0 Å². The van der Waals surface area contributed by atoms with Crippen molar-refractivity contribution in [3.8, 4) is 0 Å². The molecule has 2 rings (SSSR count). The number of allylic oxidation sites excluding steroid dienone is 3. The van der Waals surface area contributed by atoms with Gasteiger partial charge in [0.2, 0.25) is 0 Å². The maximum Gasteiger partial charge on any atom is 0.416 e. The predicted molar refractivity (Wildman–Crippen MR) is 64.8 cm³/mol. The summed E-state index contributed by atoms with van der Waals surface area (Å²) in [6.07, 6.45) is 1.10. The third kappa shape index (κ3) is 2.42. The first-order chi connectivity index (χ1) is 8.39. The Morgan fingerprint density at radius 2 is 1.83 bits per heavy atom. The van der Waals surface area contributed by atoms with Crippen LogP contribution < -0.4 is 0 Å². The van der Waals surface area contributed by atoms with Crippen LogP contribution in [0.3, 0.4) is 0 Å². The van der Waals surface area contributed by atoms with E-state index in [4.69, 9.17) is 0 Å². The Morgan fingerprint density at radius 3 is 2.44 bits per heavy atom. The Hall–Kier alpha value is -1.71. The molecule has 0 fully saturated rings. The second kappa shape index (κ2) is 4.52. The fraction of sp³-hybridized carbons (Fsp3) is 0.286. The SMILES string of the molecule is CC1=CC(c2ccccc2C(F)(F)F)C=CN1C. The van der Waals surface area contributed by atoms with Crippen molar-refractivity contribution in [1.29, 1.82) is 0 Å². The van der Waals surface area contributed by atoms with E-state index >= 15 is 0 Å². The molecule has 1 unspecified atom stereocenters. The molecule has 0 aliphatic carbocycles. The van der Waals surface area contributed by atoms with Crippen molar-refractivity contribution in [1.82, 2.24) is 4.90 Å². The van der Waals surface area contributed by atoms with E-state index in [2.05, 4.69) is 0 Å². The summed E-state index contributed by atoms with van der Waals surface area (Å²) < 4.78 is 38.8. The molecule has 1 aromatic rings. The highest BCUT2D eigenvalue weighted by atomic mass is 19.4. The van der Waals surface area contributed by atoms with Crippen LogP contribution in [0.4, 0.5) is 13.2 Å². The summed E-state index contributed by atoms with van der Waals surface area (Å²) in [6, 6.07) is 5.72. The first-order valence-electron chi connectivity index (χ1n) is 5.65. The molecule has 1 heterocycles. The van der Waals surface area contributed by atoms with Gasteiger partial charge >= 0.3 is 6.18 Å². The quantitative estimate of drug-likeness (QED) is 0.726. The lowest BCUT2D eigenvalue weighted by Crippen LogP contribution is -2.16. The van der Waals surface area contributed by atoms with Gasteiger partial charge in [0.05, 0.1) is 5.56 Å². The van der Waals surface area contributed by atoms with Gasteiger partial charge in [-0.05, 0) is 18.6 Å². The van der Waals surface area contributed by atoms with Gasteiger partial charge in [-0.1, -0.05) is 30.4 Å². The molecule has 1 atom stereocenters. The Kier molecular flexibility index (Phi) is 3.20. The van der Waals surface area contributed by atoms with Crippen LogP contribution in [0, 0.1) is 0 Å². The van der Waals surface area contributed by atoms with Crippen molar-refractivity contribution in [3.05, 3.63) is 59.4 Å². The molecular formula is C14H14F3N. The molecule has 0 radical (unpaired) electrons. The molecule has 1 aromatic carbocycles. The molecule has 1 aliphatic heterocycles. The second-order valence-electron chi connectivity index (χ2n) is 4.37. The normalized spacial score (nSPS) is 19.9. The number of halogens is 3. The van der Waals surface area contributed by atoms with Crippen LogP contribution in [0.15, 0.2) is 48.3 Å². The summed E-state index contributed by atoms with van der Waals surface area (Å²) in [5.41, 5.74) is 0.682. The van der Waals surface area contributed by atoms with Crippen molar-refractivity contribution in [3.63, 3.8) is 0 Å². The fourth-order valence-electron chi connectivity index (χ4n) is 2.01. The number of hydrogen-bond acceptors (Lipinski definition) is 1. The van der Waals surface area contributed by atoms with Gasteiger partial charge in [-0.15, -0.1) is 0 Å². The van der Waals surface area contributed by atoms with Gasteiger partial charge in [-0.3, -0.25) is 0 Å². The van der Waals surface area contributed by atoms with Crippen LogP contribution in [-0.4, -0.2) is 11.9 Å². The Balaban J connectivity index is 2.44. The minimum Gasteiger partial charge on any atom is -0.355 e. The number of hydrogen-bond donors (Lipinski definition) is 0. The summed E-state index contributed by atoms with van der Waals surface area (Å²) in [4.78, 5) is 1.88. The molecule has 1 nitrogen and oxygen atoms in total. The van der Waals surface area contributed by atoms with Crippen LogP contribution >= 0.6 is 0 Å². The minimum atomic E-state index is -4.31. The zero-order valence-corrected chi connectivity index (χ0v) is 10.2. The van der Waals surface area contributed by atoms with Gasteiger partial charge in [0.1, 0.15) is 0 Å². The second-order valence-corrected chi connectivity index (χ2v) is 4.37. The Bertz CT molecular complexity index is 500. The Labute approximate surface area is 104 Å². The molecular weight excluding hydrogens is 239 g/mol. The summed E-state index contributed by atoms with van der Waals surface area (Å²) >= 11 is 0. The van der Waals surface area contributed by atoms with Crippen LogP contribution in [0.1, 0.15) is 24.0 Å². The molecule has 0 saturated carbocycles. The average Bonchev–Trinajstić information content (AvgIpc) is 2.32. The van der Waals surface area contributed by atoms with Gasteiger partial charge in [0.15, 0.2) is 0 Å². The lowest BCUT2D eigenvalue weighted by Gasteiger charge is -2.24. The standard InChI is InChI=1S/C14H14F3N/c1-10-9-11(7-8-18(10)2)12-5-3-4-6-13(12)14(15,16)17/h3-9,11H,1-2H3. The van der Waals surface area contributed by atoms with Crippen LogP contribution in [0.25, 0.3) is 0 Å².